The number of esters is 3. The summed E-state index contributed by atoms with van der Waals surface area (Å²) < 4.78 is 16.9. The highest BCUT2D eigenvalue weighted by molar-refractivity contribution is 5.71. The zero-order valence-corrected chi connectivity index (χ0v) is 52.8. The summed E-state index contributed by atoms with van der Waals surface area (Å²) >= 11 is 0. The first-order valence-electron chi connectivity index (χ1n) is 35.5. The van der Waals surface area contributed by atoms with Crippen LogP contribution >= 0.6 is 0 Å². The number of carbonyl (C=O) groups is 3. The molecule has 77 heavy (non-hydrogen) atoms. The topological polar surface area (TPSA) is 78.9 Å². The van der Waals surface area contributed by atoms with Gasteiger partial charge >= 0.3 is 17.9 Å². The fourth-order valence-corrected chi connectivity index (χ4v) is 11.3. The maximum absolute atomic E-state index is 12.9. The minimum Gasteiger partial charge on any atom is -0.462 e. The molecule has 0 amide bonds. The molecule has 1 atom stereocenters. The van der Waals surface area contributed by atoms with Gasteiger partial charge < -0.3 is 14.2 Å². The molecule has 0 fully saturated rings. The summed E-state index contributed by atoms with van der Waals surface area (Å²) in [6, 6.07) is 0. The van der Waals surface area contributed by atoms with Gasteiger partial charge in [0.25, 0.3) is 0 Å². The predicted molar refractivity (Wildman–Crippen MR) is 335 cm³/mol. The molecule has 0 aliphatic heterocycles. The normalized spacial score (nSPS) is 11.9. The van der Waals surface area contributed by atoms with E-state index in [4.69, 9.17) is 14.2 Å². The van der Waals surface area contributed by atoms with Crippen LogP contribution in [-0.4, -0.2) is 37.2 Å². The van der Waals surface area contributed by atoms with Crippen LogP contribution in [0.4, 0.5) is 0 Å². The molecule has 0 saturated heterocycles. The van der Waals surface area contributed by atoms with E-state index in [1.807, 2.05) is 0 Å². The van der Waals surface area contributed by atoms with E-state index in [1.54, 1.807) is 0 Å². The molecular formula is C71H138O6. The molecule has 0 aromatic heterocycles. The van der Waals surface area contributed by atoms with Crippen molar-refractivity contribution in [3.63, 3.8) is 0 Å². The summed E-state index contributed by atoms with van der Waals surface area (Å²) in [7, 11) is 0. The molecule has 0 radical (unpaired) electrons. The van der Waals surface area contributed by atoms with Crippen LogP contribution in [0.2, 0.25) is 0 Å². The van der Waals surface area contributed by atoms with Crippen LogP contribution in [0, 0.1) is 0 Å². The van der Waals surface area contributed by atoms with Crippen molar-refractivity contribution < 1.29 is 28.6 Å². The lowest BCUT2D eigenvalue weighted by Crippen LogP contribution is -2.30. The van der Waals surface area contributed by atoms with Crippen LogP contribution < -0.4 is 0 Å². The van der Waals surface area contributed by atoms with Crippen LogP contribution in [0.5, 0.6) is 0 Å². The Labute approximate surface area is 482 Å². The van der Waals surface area contributed by atoms with Crippen molar-refractivity contribution in [1.29, 1.82) is 0 Å². The van der Waals surface area contributed by atoms with Gasteiger partial charge in [0.05, 0.1) is 0 Å². The van der Waals surface area contributed by atoms with Gasteiger partial charge in [0.15, 0.2) is 6.10 Å². The second-order valence-electron chi connectivity index (χ2n) is 24.5. The first-order chi connectivity index (χ1) is 38.0. The first-order valence-corrected chi connectivity index (χ1v) is 35.5. The van der Waals surface area contributed by atoms with E-state index in [0.29, 0.717) is 19.3 Å². The van der Waals surface area contributed by atoms with E-state index in [2.05, 4.69) is 20.8 Å². The van der Waals surface area contributed by atoms with Gasteiger partial charge in [-0.05, 0) is 19.3 Å². The molecule has 0 aromatic rings. The number of carbonyl (C=O) groups excluding carboxylic acids is 3. The third-order valence-corrected chi connectivity index (χ3v) is 16.6. The highest BCUT2D eigenvalue weighted by Crippen LogP contribution is 2.20. The average Bonchev–Trinajstić information content (AvgIpc) is 3.43. The molecule has 0 N–H and O–H groups in total. The lowest BCUT2D eigenvalue weighted by molar-refractivity contribution is -0.167. The van der Waals surface area contributed by atoms with Gasteiger partial charge in [-0.15, -0.1) is 0 Å². The zero-order chi connectivity index (χ0) is 55.7. The van der Waals surface area contributed by atoms with E-state index in [1.165, 1.54) is 321 Å². The van der Waals surface area contributed by atoms with E-state index in [0.717, 1.165) is 57.8 Å². The van der Waals surface area contributed by atoms with Crippen molar-refractivity contribution in [2.75, 3.05) is 13.2 Å². The molecule has 458 valence electrons. The molecular weight excluding hydrogens is 949 g/mol. The highest BCUT2D eigenvalue weighted by Gasteiger charge is 2.19. The number of hydrogen-bond acceptors (Lipinski definition) is 6. The molecule has 0 aliphatic rings. The minimum atomic E-state index is -0.762. The van der Waals surface area contributed by atoms with E-state index >= 15 is 0 Å². The molecule has 0 heterocycles. The summed E-state index contributed by atoms with van der Waals surface area (Å²) in [5.41, 5.74) is 0. The van der Waals surface area contributed by atoms with Gasteiger partial charge in [-0.1, -0.05) is 380 Å². The minimum absolute atomic E-state index is 0.0611. The molecule has 0 spiro atoms. The molecule has 6 nitrogen and oxygen atoms in total. The maximum atomic E-state index is 12.9. The zero-order valence-electron chi connectivity index (χ0n) is 52.8. The summed E-state index contributed by atoms with van der Waals surface area (Å²) in [5.74, 6) is -0.831. The van der Waals surface area contributed by atoms with Gasteiger partial charge in [0.1, 0.15) is 13.2 Å². The average molecular weight is 1090 g/mol. The number of ether oxygens (including phenoxy) is 3. The fraction of sp³-hybridized carbons (Fsp3) is 0.958. The second kappa shape index (κ2) is 66.9. The van der Waals surface area contributed by atoms with Crippen molar-refractivity contribution in [3.05, 3.63) is 0 Å². The lowest BCUT2D eigenvalue weighted by atomic mass is 10.0. The van der Waals surface area contributed by atoms with E-state index in [9.17, 15) is 14.4 Å². The van der Waals surface area contributed by atoms with Gasteiger partial charge in [-0.25, -0.2) is 0 Å². The van der Waals surface area contributed by atoms with Crippen molar-refractivity contribution >= 4 is 17.9 Å². The SMILES string of the molecule is CCCCCCCCCCCCCCCCCCCCCCCCCCCCCCCCCCC(=O)OCC(COC(=O)CCCCCCCCCC)OC(=O)CCCCCCCCCCCCCCCCCCCCC. The van der Waals surface area contributed by atoms with Crippen molar-refractivity contribution in [2.24, 2.45) is 0 Å². The second-order valence-corrected chi connectivity index (χ2v) is 24.5. The molecule has 6 heteroatoms. The quantitative estimate of drug-likeness (QED) is 0.0343. The Morgan fingerprint density at radius 1 is 0.208 bits per heavy atom. The maximum Gasteiger partial charge on any atom is 0.306 e. The lowest BCUT2D eigenvalue weighted by Gasteiger charge is -2.18. The standard InChI is InChI=1S/C71H138O6/c1-4-7-10-13-16-19-21-23-25-27-29-30-31-32-33-34-35-36-37-38-39-40-41-43-44-46-48-50-52-55-58-61-64-70(73)76-67-68(66-75-69(72)63-60-57-54-18-15-12-9-6-3)77-71(74)65-62-59-56-53-51-49-47-45-42-28-26-24-22-20-17-14-11-8-5-2/h68H,4-67H2,1-3H3. The summed E-state index contributed by atoms with van der Waals surface area (Å²) in [4.78, 5) is 38.2. The fourth-order valence-electron chi connectivity index (χ4n) is 11.3. The van der Waals surface area contributed by atoms with Crippen molar-refractivity contribution in [2.45, 2.75) is 425 Å². The Bertz CT molecular complexity index is 1160. The van der Waals surface area contributed by atoms with Crippen molar-refractivity contribution in [3.8, 4) is 0 Å². The molecule has 0 bridgehead atoms. The Kier molecular flexibility index (Phi) is 65.5. The number of rotatable bonds is 67. The van der Waals surface area contributed by atoms with Crippen LogP contribution in [0.15, 0.2) is 0 Å². The van der Waals surface area contributed by atoms with Gasteiger partial charge in [0.2, 0.25) is 0 Å². The Hall–Kier alpha value is -1.59. The Morgan fingerprint density at radius 2 is 0.351 bits per heavy atom. The van der Waals surface area contributed by atoms with Gasteiger partial charge in [-0.3, -0.25) is 14.4 Å². The van der Waals surface area contributed by atoms with E-state index < -0.39 is 6.10 Å². The monoisotopic (exact) mass is 1090 g/mol. The van der Waals surface area contributed by atoms with Gasteiger partial charge in [-0.2, -0.15) is 0 Å². The number of hydrogen-bond donors (Lipinski definition) is 0. The van der Waals surface area contributed by atoms with Crippen LogP contribution in [0.1, 0.15) is 419 Å². The Morgan fingerprint density at radius 3 is 0.519 bits per heavy atom. The summed E-state index contributed by atoms with van der Waals surface area (Å²) in [6.45, 7) is 6.70. The molecule has 0 rings (SSSR count). The smallest absolute Gasteiger partial charge is 0.306 e. The Balaban J connectivity index is 3.96. The summed E-state index contributed by atoms with van der Waals surface area (Å²) in [5, 5.41) is 0. The molecule has 0 aliphatic carbocycles. The van der Waals surface area contributed by atoms with Crippen LogP contribution in [0.25, 0.3) is 0 Å². The van der Waals surface area contributed by atoms with Gasteiger partial charge in [0, 0.05) is 19.3 Å². The van der Waals surface area contributed by atoms with E-state index in [-0.39, 0.29) is 31.1 Å². The molecule has 0 saturated carbocycles. The molecule has 1 unspecified atom stereocenters. The van der Waals surface area contributed by atoms with Crippen LogP contribution in [-0.2, 0) is 28.6 Å². The first kappa shape index (κ1) is 75.4. The third-order valence-electron chi connectivity index (χ3n) is 16.6. The summed E-state index contributed by atoms with van der Waals surface area (Å²) in [6.07, 6.45) is 78.9. The van der Waals surface area contributed by atoms with Crippen LogP contribution in [0.3, 0.4) is 0 Å². The largest absolute Gasteiger partial charge is 0.462 e. The molecule has 0 aromatic carbocycles. The highest BCUT2D eigenvalue weighted by atomic mass is 16.6. The third kappa shape index (κ3) is 65.1. The predicted octanol–water partition coefficient (Wildman–Crippen LogP) is 24.2. The van der Waals surface area contributed by atoms with Crippen molar-refractivity contribution in [1.82, 2.24) is 0 Å². The number of unbranched alkanes of at least 4 members (excludes halogenated alkanes) is 56.